The van der Waals surface area contributed by atoms with Crippen LogP contribution in [0.25, 0.3) is 11.0 Å². The minimum absolute atomic E-state index is 0.124. The van der Waals surface area contributed by atoms with Gasteiger partial charge in [0.25, 0.3) is 0 Å². The fraction of sp³-hybridized carbons (Fsp3) is 0.263. The van der Waals surface area contributed by atoms with E-state index in [1.807, 2.05) is 12.3 Å². The number of imidazole rings is 1. The second-order valence-electron chi connectivity index (χ2n) is 12.1. The molecule has 6 nitrogen and oxygen atoms in total. The Balaban J connectivity index is 1.11. The number of pyridine rings is 1. The molecule has 222 valence electrons. The van der Waals surface area contributed by atoms with Crippen LogP contribution in [-0.4, -0.2) is 24.8 Å². The average molecular weight is 581 g/mol. The first-order valence-electron chi connectivity index (χ1n) is 15.7. The maximum Gasteiger partial charge on any atom is 0.121 e. The Morgan fingerprint density at radius 2 is 1.66 bits per heavy atom. The Morgan fingerprint density at radius 1 is 0.864 bits per heavy atom. The molecule has 6 heteroatoms. The lowest BCUT2D eigenvalue weighted by Gasteiger charge is -2.34. The molecule has 6 aromatic rings. The van der Waals surface area contributed by atoms with E-state index in [9.17, 15) is 0 Å². The highest BCUT2D eigenvalue weighted by atomic mass is 15.2. The highest BCUT2D eigenvalue weighted by Gasteiger charge is 2.28. The van der Waals surface area contributed by atoms with Gasteiger partial charge in [-0.05, 0) is 85.2 Å². The largest absolute Gasteiger partial charge is 0.362 e. The molecule has 3 aromatic carbocycles. The van der Waals surface area contributed by atoms with E-state index >= 15 is 0 Å². The molecule has 1 aliphatic rings. The van der Waals surface area contributed by atoms with Crippen LogP contribution in [0.2, 0.25) is 0 Å². The van der Waals surface area contributed by atoms with E-state index in [-0.39, 0.29) is 12.1 Å². The molecule has 0 saturated carbocycles. The van der Waals surface area contributed by atoms with Crippen LogP contribution < -0.4 is 5.32 Å². The molecule has 0 amide bonds. The number of aromatic nitrogens is 4. The molecule has 44 heavy (non-hydrogen) atoms. The Labute approximate surface area is 259 Å². The number of benzene rings is 3. The predicted octanol–water partition coefficient (Wildman–Crippen LogP) is 7.86. The zero-order valence-electron chi connectivity index (χ0n) is 25.6. The molecule has 3 aromatic heterocycles. The number of para-hydroxylation sites is 2. The fourth-order valence-electron chi connectivity index (χ4n) is 6.80. The van der Waals surface area contributed by atoms with E-state index in [2.05, 4.69) is 125 Å². The van der Waals surface area contributed by atoms with E-state index in [1.54, 1.807) is 0 Å². The molecule has 2 unspecified atom stereocenters. The zero-order valence-corrected chi connectivity index (χ0v) is 25.6. The fourth-order valence-corrected chi connectivity index (χ4v) is 6.80. The normalized spacial score (nSPS) is 15.5. The molecule has 0 spiro atoms. The highest BCUT2D eigenvalue weighted by Crippen LogP contribution is 2.35. The molecule has 3 N–H and O–H groups in total. The quantitative estimate of drug-likeness (QED) is 0.154. The summed E-state index contributed by atoms with van der Waals surface area (Å²) >= 11 is 0. The van der Waals surface area contributed by atoms with Crippen molar-refractivity contribution < 1.29 is 0 Å². The lowest BCUT2D eigenvalue weighted by atomic mass is 9.90. The van der Waals surface area contributed by atoms with Crippen LogP contribution in [0.5, 0.6) is 0 Å². The minimum atomic E-state index is 0.124. The number of fused-ring (bicyclic) bond motifs is 2. The monoisotopic (exact) mass is 580 g/mol. The number of H-pyrrole nitrogens is 2. The minimum Gasteiger partial charge on any atom is -0.362 e. The molecule has 0 radical (unpaired) electrons. The first kappa shape index (κ1) is 28.3. The Bertz CT molecular complexity index is 1800. The van der Waals surface area contributed by atoms with Crippen molar-refractivity contribution in [2.45, 2.75) is 64.8 Å². The van der Waals surface area contributed by atoms with Crippen molar-refractivity contribution in [3.8, 4) is 0 Å². The summed E-state index contributed by atoms with van der Waals surface area (Å²) in [7, 11) is 0. The zero-order chi connectivity index (χ0) is 29.9. The second kappa shape index (κ2) is 12.6. The lowest BCUT2D eigenvalue weighted by molar-refractivity contribution is 0.153. The number of aromatic amines is 2. The molecule has 2 atom stereocenters. The van der Waals surface area contributed by atoms with Crippen molar-refractivity contribution >= 4 is 11.0 Å². The molecular weight excluding hydrogens is 540 g/mol. The van der Waals surface area contributed by atoms with Crippen LogP contribution in [0, 0.1) is 13.8 Å². The van der Waals surface area contributed by atoms with Crippen molar-refractivity contribution in [2.24, 2.45) is 0 Å². The van der Waals surface area contributed by atoms with Crippen LogP contribution in [0.1, 0.15) is 75.6 Å². The third-order valence-corrected chi connectivity index (χ3v) is 8.95. The summed E-state index contributed by atoms with van der Waals surface area (Å²) in [6.45, 7) is 6.64. The van der Waals surface area contributed by atoms with E-state index in [1.165, 1.54) is 51.3 Å². The summed E-state index contributed by atoms with van der Waals surface area (Å²) in [5, 5.41) is 3.84. The van der Waals surface area contributed by atoms with E-state index < -0.39 is 0 Å². The molecule has 0 fully saturated rings. The van der Waals surface area contributed by atoms with Crippen molar-refractivity contribution in [3.63, 3.8) is 0 Å². The van der Waals surface area contributed by atoms with Crippen LogP contribution in [0.15, 0.2) is 103 Å². The first-order chi connectivity index (χ1) is 21.6. The van der Waals surface area contributed by atoms with Gasteiger partial charge in [-0.15, -0.1) is 0 Å². The molecule has 0 saturated heterocycles. The summed E-state index contributed by atoms with van der Waals surface area (Å²) in [6.07, 6.45) is 5.32. The van der Waals surface area contributed by atoms with Crippen molar-refractivity contribution in [3.05, 3.63) is 154 Å². The molecular formula is C38H40N6. The van der Waals surface area contributed by atoms with Gasteiger partial charge in [-0.2, -0.15) is 0 Å². The highest BCUT2D eigenvalue weighted by molar-refractivity contribution is 5.74. The smallest absolute Gasteiger partial charge is 0.121 e. The molecule has 0 aliphatic heterocycles. The third-order valence-electron chi connectivity index (χ3n) is 8.95. The summed E-state index contributed by atoms with van der Waals surface area (Å²) < 4.78 is 0. The molecule has 3 heterocycles. The number of rotatable bonds is 10. The SMILES string of the molecule is Cc1cc(C(NCc2ccc(CN(Cc3nc4ccccc4[nH]3)C3CCCc4cccnc43)cc2)c2ccccc2)c(C)[nH]1. The number of hydrogen-bond acceptors (Lipinski definition) is 4. The van der Waals surface area contributed by atoms with Gasteiger partial charge < -0.3 is 15.3 Å². The van der Waals surface area contributed by atoms with E-state index in [0.717, 1.165) is 49.3 Å². The van der Waals surface area contributed by atoms with Gasteiger partial charge >= 0.3 is 0 Å². The number of aryl methyl sites for hydroxylation is 3. The Morgan fingerprint density at radius 3 is 2.45 bits per heavy atom. The molecule has 7 rings (SSSR count). The maximum absolute atomic E-state index is 4.93. The van der Waals surface area contributed by atoms with Gasteiger partial charge in [0.05, 0.1) is 35.4 Å². The van der Waals surface area contributed by atoms with E-state index in [0.29, 0.717) is 0 Å². The lowest BCUT2D eigenvalue weighted by Crippen LogP contribution is -2.31. The molecule has 1 aliphatic carbocycles. The third kappa shape index (κ3) is 6.09. The van der Waals surface area contributed by atoms with Crippen LogP contribution >= 0.6 is 0 Å². The van der Waals surface area contributed by atoms with Gasteiger partial charge in [-0.25, -0.2) is 4.98 Å². The van der Waals surface area contributed by atoms with Gasteiger partial charge in [0.2, 0.25) is 0 Å². The van der Waals surface area contributed by atoms with Crippen LogP contribution in [-0.2, 0) is 26.1 Å². The van der Waals surface area contributed by atoms with Gasteiger partial charge in [-0.3, -0.25) is 9.88 Å². The second-order valence-corrected chi connectivity index (χ2v) is 12.1. The number of hydrogen-bond donors (Lipinski definition) is 3. The van der Waals surface area contributed by atoms with Gasteiger partial charge in [0.15, 0.2) is 0 Å². The topological polar surface area (TPSA) is 72.6 Å². The van der Waals surface area contributed by atoms with Gasteiger partial charge in [0.1, 0.15) is 5.82 Å². The number of nitrogens with one attached hydrogen (secondary N) is 3. The predicted molar refractivity (Wildman–Crippen MR) is 177 cm³/mol. The first-order valence-corrected chi connectivity index (χ1v) is 15.7. The Hall–Kier alpha value is -4.52. The number of nitrogens with zero attached hydrogens (tertiary/aromatic N) is 3. The van der Waals surface area contributed by atoms with Crippen LogP contribution in [0.3, 0.4) is 0 Å². The van der Waals surface area contributed by atoms with Gasteiger partial charge in [-0.1, -0.05) is 72.8 Å². The van der Waals surface area contributed by atoms with Crippen molar-refractivity contribution in [1.82, 2.24) is 30.2 Å². The van der Waals surface area contributed by atoms with Crippen molar-refractivity contribution in [2.75, 3.05) is 0 Å². The van der Waals surface area contributed by atoms with Crippen molar-refractivity contribution in [1.29, 1.82) is 0 Å². The Kier molecular flexibility index (Phi) is 8.10. The van der Waals surface area contributed by atoms with Gasteiger partial charge in [0, 0.05) is 30.7 Å². The average Bonchev–Trinajstić information content (AvgIpc) is 3.63. The van der Waals surface area contributed by atoms with E-state index in [4.69, 9.17) is 9.97 Å². The summed E-state index contributed by atoms with van der Waals surface area (Å²) in [5.41, 5.74) is 12.2. The standard InChI is InChI=1S/C38H40N6/c1-26-22-32(27(2)41-26)37(30-10-4-3-5-11-30)40-23-28-17-19-29(20-18-28)24-44(25-36-42-33-14-6-7-15-34(33)43-36)35-16-8-12-31-13-9-21-39-38(31)35/h3-7,9-11,13-15,17-22,35,37,40-41H,8,12,16,23-25H2,1-2H3,(H,42,43). The summed E-state index contributed by atoms with van der Waals surface area (Å²) in [5.74, 6) is 0.998. The molecule has 0 bridgehead atoms. The summed E-state index contributed by atoms with van der Waals surface area (Å²) in [4.78, 5) is 19.4. The summed E-state index contributed by atoms with van der Waals surface area (Å²) in [6, 6.07) is 35.1. The van der Waals surface area contributed by atoms with Crippen LogP contribution in [0.4, 0.5) is 0 Å². The maximum atomic E-state index is 4.93.